The fraction of sp³-hybridized carbons (Fsp3) is 1.00. The minimum atomic E-state index is 0.705. The number of fused-ring (bicyclic) bond motifs is 2. The molecule has 1 aliphatic carbocycles. The summed E-state index contributed by atoms with van der Waals surface area (Å²) < 4.78 is 0. The van der Waals surface area contributed by atoms with Crippen LogP contribution < -0.4 is 4.90 Å². The second-order valence-electron chi connectivity index (χ2n) is 3.99. The summed E-state index contributed by atoms with van der Waals surface area (Å²) in [5.74, 6) is 0. The van der Waals surface area contributed by atoms with Gasteiger partial charge in [0.25, 0.3) is 0 Å². The van der Waals surface area contributed by atoms with Crippen LogP contribution in [0.1, 0.15) is 12.8 Å². The van der Waals surface area contributed by atoms with Crippen LogP contribution in [0.5, 0.6) is 0 Å². The van der Waals surface area contributed by atoms with E-state index in [0.29, 0.717) is 5.54 Å². The molecule has 1 spiro atoms. The van der Waals surface area contributed by atoms with Crippen LogP contribution in [0.25, 0.3) is 0 Å². The minimum absolute atomic E-state index is 0.705. The highest BCUT2D eigenvalue weighted by Crippen LogP contribution is 2.44. The summed E-state index contributed by atoms with van der Waals surface area (Å²) in [6.07, 6.45) is 2.95. The molecular formula is C8H14N2+. The highest BCUT2D eigenvalue weighted by molar-refractivity contribution is 5.13. The van der Waals surface area contributed by atoms with Crippen molar-refractivity contribution < 1.29 is 0 Å². The molecule has 2 heteroatoms. The van der Waals surface area contributed by atoms with E-state index in [-0.39, 0.29) is 0 Å². The van der Waals surface area contributed by atoms with Crippen molar-refractivity contribution in [2.24, 2.45) is 0 Å². The lowest BCUT2D eigenvalue weighted by Crippen LogP contribution is -2.65. The van der Waals surface area contributed by atoms with E-state index in [2.05, 4.69) is 9.80 Å². The van der Waals surface area contributed by atoms with Gasteiger partial charge in [-0.25, -0.2) is 0 Å². The first-order chi connectivity index (χ1) is 4.89. The molecule has 0 aromatic rings. The van der Waals surface area contributed by atoms with Crippen molar-refractivity contribution in [3.63, 3.8) is 0 Å². The smallest absolute Gasteiger partial charge is 0.155 e. The van der Waals surface area contributed by atoms with Crippen LogP contribution in [0.2, 0.25) is 0 Å². The predicted octanol–water partition coefficient (Wildman–Crippen LogP) is -0.0117. The Morgan fingerprint density at radius 1 is 1.10 bits per heavy atom. The first-order valence-electron chi connectivity index (χ1n) is 4.37. The molecule has 1 radical (unpaired) electrons. The van der Waals surface area contributed by atoms with Gasteiger partial charge in [0, 0.05) is 12.8 Å². The Morgan fingerprint density at radius 2 is 1.80 bits per heavy atom. The molecule has 3 saturated heterocycles. The molecule has 3 heterocycles. The van der Waals surface area contributed by atoms with Crippen LogP contribution >= 0.6 is 0 Å². The van der Waals surface area contributed by atoms with Crippen molar-refractivity contribution in [2.75, 3.05) is 32.7 Å². The molecule has 2 nitrogen and oxygen atoms in total. The quantitative estimate of drug-likeness (QED) is 0.428. The molecule has 0 unspecified atom stereocenters. The van der Waals surface area contributed by atoms with Gasteiger partial charge < -0.3 is 0 Å². The minimum Gasteiger partial charge on any atom is -0.286 e. The van der Waals surface area contributed by atoms with E-state index in [0.717, 1.165) is 0 Å². The van der Waals surface area contributed by atoms with E-state index >= 15 is 0 Å². The maximum atomic E-state index is 2.72. The molecule has 0 atom stereocenters. The molecule has 4 rings (SSSR count). The van der Waals surface area contributed by atoms with Gasteiger partial charge in [0.1, 0.15) is 13.1 Å². The monoisotopic (exact) mass is 138 g/mol. The van der Waals surface area contributed by atoms with E-state index in [1.54, 1.807) is 0 Å². The summed E-state index contributed by atoms with van der Waals surface area (Å²) >= 11 is 0. The van der Waals surface area contributed by atoms with E-state index in [4.69, 9.17) is 0 Å². The van der Waals surface area contributed by atoms with Crippen LogP contribution in [0.15, 0.2) is 0 Å². The van der Waals surface area contributed by atoms with Gasteiger partial charge in [-0.05, 0) is 0 Å². The van der Waals surface area contributed by atoms with Crippen molar-refractivity contribution in [3.8, 4) is 0 Å². The number of hydrogen-bond donors (Lipinski definition) is 0. The zero-order chi connectivity index (χ0) is 6.60. The molecule has 4 fully saturated rings. The van der Waals surface area contributed by atoms with Gasteiger partial charge in [-0.15, -0.1) is 0 Å². The van der Waals surface area contributed by atoms with Gasteiger partial charge in [0.15, 0.2) is 5.54 Å². The first-order valence-corrected chi connectivity index (χ1v) is 4.37. The molecular weight excluding hydrogens is 124 g/mol. The fourth-order valence-electron chi connectivity index (χ4n) is 2.52. The summed E-state index contributed by atoms with van der Waals surface area (Å²) in [7, 11) is 0. The summed E-state index contributed by atoms with van der Waals surface area (Å²) in [5.41, 5.74) is 0.705. The van der Waals surface area contributed by atoms with Crippen LogP contribution in [0.3, 0.4) is 0 Å². The van der Waals surface area contributed by atoms with Crippen molar-refractivity contribution in [1.82, 2.24) is 9.80 Å². The Labute approximate surface area is 61.8 Å². The first kappa shape index (κ1) is 5.56. The summed E-state index contributed by atoms with van der Waals surface area (Å²) in [6, 6.07) is 0. The zero-order valence-electron chi connectivity index (χ0n) is 6.34. The predicted molar refractivity (Wildman–Crippen MR) is 40.3 cm³/mol. The van der Waals surface area contributed by atoms with Gasteiger partial charge in [0.05, 0.1) is 19.6 Å². The van der Waals surface area contributed by atoms with Crippen molar-refractivity contribution in [2.45, 2.75) is 18.4 Å². The molecule has 3 aliphatic heterocycles. The maximum absolute atomic E-state index is 2.72. The van der Waals surface area contributed by atoms with Gasteiger partial charge in [-0.1, -0.05) is 0 Å². The topological polar surface area (TPSA) is 9.14 Å². The number of hydrogen-bond acceptors (Lipinski definition) is 2. The number of rotatable bonds is 0. The fourth-order valence-corrected chi connectivity index (χ4v) is 2.52. The van der Waals surface area contributed by atoms with E-state index in [9.17, 15) is 0 Å². The zero-order valence-corrected chi connectivity index (χ0v) is 6.34. The molecule has 55 valence electrons. The van der Waals surface area contributed by atoms with Crippen LogP contribution in [-0.2, 0) is 0 Å². The molecule has 4 aliphatic rings. The summed E-state index contributed by atoms with van der Waals surface area (Å²) in [6.45, 7) is 6.75. The largest absolute Gasteiger partial charge is 0.286 e. The Balaban J connectivity index is 1.90. The third-order valence-corrected chi connectivity index (χ3v) is 3.39. The third-order valence-electron chi connectivity index (χ3n) is 3.39. The molecule has 0 aromatic carbocycles. The molecule has 0 amide bonds. The van der Waals surface area contributed by atoms with Gasteiger partial charge in [-0.2, -0.15) is 4.90 Å². The lowest BCUT2D eigenvalue weighted by Gasteiger charge is -2.40. The van der Waals surface area contributed by atoms with Gasteiger partial charge in [0.2, 0.25) is 0 Å². The highest BCUT2D eigenvalue weighted by Gasteiger charge is 2.61. The highest BCUT2D eigenvalue weighted by atomic mass is 15.4. The van der Waals surface area contributed by atoms with E-state index in [1.807, 2.05) is 0 Å². The average molecular weight is 138 g/mol. The Kier molecular flexibility index (Phi) is 0.868. The standard InChI is InChI=1S/C8H14N2/c1-2-8(1)7-9-3-5-10(8)6-4-9/h1-7H2/q+1. The van der Waals surface area contributed by atoms with Crippen LogP contribution in [-0.4, -0.2) is 43.2 Å². The number of piperazine rings is 3. The SMILES string of the molecule is C1C[N+]2CCN1CC21CC1. The average Bonchev–Trinajstić information content (AvgIpc) is 2.72. The normalized spacial score (nSPS) is 48.0. The lowest BCUT2D eigenvalue weighted by molar-refractivity contribution is 0.0641. The molecule has 0 N–H and O–H groups in total. The second-order valence-corrected chi connectivity index (χ2v) is 3.99. The van der Waals surface area contributed by atoms with Gasteiger partial charge in [-0.3, -0.25) is 4.90 Å². The molecule has 2 bridgehead atoms. The van der Waals surface area contributed by atoms with Crippen molar-refractivity contribution in [1.29, 1.82) is 0 Å². The van der Waals surface area contributed by atoms with E-state index < -0.39 is 0 Å². The molecule has 1 saturated carbocycles. The molecule has 0 aromatic heterocycles. The number of nitrogens with zero attached hydrogens (tertiary/aromatic N) is 2. The van der Waals surface area contributed by atoms with Crippen LogP contribution in [0.4, 0.5) is 0 Å². The van der Waals surface area contributed by atoms with Gasteiger partial charge >= 0.3 is 0 Å². The van der Waals surface area contributed by atoms with Crippen molar-refractivity contribution in [3.05, 3.63) is 0 Å². The Bertz CT molecular complexity index is 155. The maximum Gasteiger partial charge on any atom is 0.155 e. The van der Waals surface area contributed by atoms with Crippen molar-refractivity contribution >= 4 is 0 Å². The second kappa shape index (κ2) is 1.56. The Hall–Kier alpha value is -0.0800. The Morgan fingerprint density at radius 3 is 2.10 bits per heavy atom. The third kappa shape index (κ3) is 0.565. The lowest BCUT2D eigenvalue weighted by atomic mass is 10.1. The van der Waals surface area contributed by atoms with Crippen LogP contribution in [0, 0.1) is 0 Å². The summed E-state index contributed by atoms with van der Waals surface area (Å²) in [4.78, 5) is 5.35. The molecule has 10 heavy (non-hydrogen) atoms. The van der Waals surface area contributed by atoms with E-state index in [1.165, 1.54) is 45.6 Å². The summed E-state index contributed by atoms with van der Waals surface area (Å²) in [5, 5.41) is 0.